The number of carbonyl (C=O) groups is 1. The van der Waals surface area contributed by atoms with Crippen molar-refractivity contribution in [3.8, 4) is 0 Å². The van der Waals surface area contributed by atoms with E-state index in [4.69, 9.17) is 5.73 Å². The molecule has 4 nitrogen and oxygen atoms in total. The molecule has 76 valence electrons. The molecule has 0 saturated carbocycles. The van der Waals surface area contributed by atoms with Gasteiger partial charge in [-0.2, -0.15) is 0 Å². The Labute approximate surface area is 77.7 Å². The predicted molar refractivity (Wildman–Crippen MR) is 45.3 cm³/mol. The van der Waals surface area contributed by atoms with E-state index in [1.54, 1.807) is 0 Å². The molecule has 0 bridgehead atoms. The average molecular weight is 202 g/mol. The molecule has 1 aromatic heterocycles. The standard InChI is InChI=1S/C8H8F2N2O2/c9-8(10)7-5(2-11)4(3-13)1-6(14)12-7/h1,3,8H,2,11H2,(H,12,14). The van der Waals surface area contributed by atoms with E-state index in [1.807, 2.05) is 4.98 Å². The van der Waals surface area contributed by atoms with Gasteiger partial charge in [-0.1, -0.05) is 0 Å². The summed E-state index contributed by atoms with van der Waals surface area (Å²) in [7, 11) is 0. The third-order valence-electron chi connectivity index (χ3n) is 1.77. The first kappa shape index (κ1) is 10.5. The minimum atomic E-state index is -2.85. The Morgan fingerprint density at radius 2 is 2.21 bits per heavy atom. The fourth-order valence-corrected chi connectivity index (χ4v) is 1.15. The van der Waals surface area contributed by atoms with Gasteiger partial charge in [-0.05, 0) is 0 Å². The monoisotopic (exact) mass is 202 g/mol. The molecule has 0 atom stereocenters. The maximum Gasteiger partial charge on any atom is 0.278 e. The average Bonchev–Trinajstić information content (AvgIpc) is 2.16. The summed E-state index contributed by atoms with van der Waals surface area (Å²) in [5, 5.41) is 0. The molecule has 0 radical (unpaired) electrons. The largest absolute Gasteiger partial charge is 0.326 e. The Bertz CT molecular complexity index is 401. The topological polar surface area (TPSA) is 76.0 Å². The fraction of sp³-hybridized carbons (Fsp3) is 0.250. The lowest BCUT2D eigenvalue weighted by Gasteiger charge is -2.07. The van der Waals surface area contributed by atoms with Crippen LogP contribution >= 0.6 is 0 Å². The number of nitrogens with two attached hydrogens (primary N) is 1. The van der Waals surface area contributed by atoms with E-state index in [2.05, 4.69) is 0 Å². The van der Waals surface area contributed by atoms with E-state index >= 15 is 0 Å². The van der Waals surface area contributed by atoms with Gasteiger partial charge in [0.15, 0.2) is 6.29 Å². The lowest BCUT2D eigenvalue weighted by molar-refractivity contribution is 0.112. The molecule has 0 unspecified atom stereocenters. The first-order valence-electron chi connectivity index (χ1n) is 3.79. The van der Waals surface area contributed by atoms with Crippen molar-refractivity contribution in [3.63, 3.8) is 0 Å². The summed E-state index contributed by atoms with van der Waals surface area (Å²) in [6.45, 7) is -0.218. The number of pyridine rings is 1. The number of aromatic nitrogens is 1. The first-order chi connectivity index (χ1) is 6.60. The summed E-state index contributed by atoms with van der Waals surface area (Å²) < 4.78 is 24.7. The molecular weight excluding hydrogens is 194 g/mol. The summed E-state index contributed by atoms with van der Waals surface area (Å²) in [4.78, 5) is 23.3. The minimum Gasteiger partial charge on any atom is -0.326 e. The molecule has 0 aromatic carbocycles. The number of rotatable bonds is 3. The van der Waals surface area contributed by atoms with E-state index < -0.39 is 17.7 Å². The number of hydrogen-bond acceptors (Lipinski definition) is 3. The van der Waals surface area contributed by atoms with Gasteiger partial charge in [0.25, 0.3) is 6.43 Å². The predicted octanol–water partition coefficient (Wildman–Crippen LogP) is 0.584. The van der Waals surface area contributed by atoms with Gasteiger partial charge in [-0.3, -0.25) is 9.59 Å². The highest BCUT2D eigenvalue weighted by molar-refractivity contribution is 5.77. The smallest absolute Gasteiger partial charge is 0.278 e. The highest BCUT2D eigenvalue weighted by Gasteiger charge is 2.16. The number of aromatic amines is 1. The van der Waals surface area contributed by atoms with Gasteiger partial charge in [0.05, 0.1) is 5.69 Å². The van der Waals surface area contributed by atoms with Crippen LogP contribution in [0.15, 0.2) is 10.9 Å². The molecule has 0 amide bonds. The van der Waals surface area contributed by atoms with Crippen LogP contribution in [0.2, 0.25) is 0 Å². The molecule has 1 heterocycles. The second-order valence-corrected chi connectivity index (χ2v) is 2.60. The third-order valence-corrected chi connectivity index (χ3v) is 1.77. The number of aldehydes is 1. The fourth-order valence-electron chi connectivity index (χ4n) is 1.15. The van der Waals surface area contributed by atoms with E-state index in [1.165, 1.54) is 0 Å². The van der Waals surface area contributed by atoms with Gasteiger partial charge in [0.1, 0.15) is 0 Å². The Balaban J connectivity index is 3.47. The number of H-pyrrole nitrogens is 1. The van der Waals surface area contributed by atoms with Gasteiger partial charge in [0, 0.05) is 23.7 Å². The van der Waals surface area contributed by atoms with Crippen molar-refractivity contribution in [2.75, 3.05) is 0 Å². The lowest BCUT2D eigenvalue weighted by Crippen LogP contribution is -2.16. The van der Waals surface area contributed by atoms with E-state index in [0.29, 0.717) is 6.29 Å². The van der Waals surface area contributed by atoms with Crippen LogP contribution in [-0.4, -0.2) is 11.3 Å². The third kappa shape index (κ3) is 1.85. The van der Waals surface area contributed by atoms with Crippen LogP contribution in [0.1, 0.15) is 28.0 Å². The maximum atomic E-state index is 12.4. The van der Waals surface area contributed by atoms with Crippen LogP contribution in [0.4, 0.5) is 8.78 Å². The number of alkyl halides is 2. The zero-order valence-corrected chi connectivity index (χ0v) is 7.09. The van der Waals surface area contributed by atoms with E-state index in [9.17, 15) is 18.4 Å². The van der Waals surface area contributed by atoms with E-state index in [-0.39, 0.29) is 17.7 Å². The molecule has 0 saturated heterocycles. The molecule has 6 heteroatoms. The van der Waals surface area contributed by atoms with Crippen molar-refractivity contribution in [1.29, 1.82) is 0 Å². The van der Waals surface area contributed by atoms with Crippen molar-refractivity contribution < 1.29 is 13.6 Å². The number of nitrogens with one attached hydrogen (secondary N) is 1. The van der Waals surface area contributed by atoms with Gasteiger partial charge in [-0.15, -0.1) is 0 Å². The molecule has 0 aliphatic heterocycles. The summed E-state index contributed by atoms with van der Waals surface area (Å²) in [5.41, 5.74) is 3.77. The van der Waals surface area contributed by atoms with Crippen molar-refractivity contribution >= 4 is 6.29 Å². The van der Waals surface area contributed by atoms with Gasteiger partial charge < -0.3 is 10.7 Å². The highest BCUT2D eigenvalue weighted by Crippen LogP contribution is 2.20. The molecule has 1 aromatic rings. The number of halogens is 2. The van der Waals surface area contributed by atoms with Crippen LogP contribution in [0.25, 0.3) is 0 Å². The van der Waals surface area contributed by atoms with Crippen LogP contribution < -0.4 is 11.3 Å². The quantitative estimate of drug-likeness (QED) is 0.704. The van der Waals surface area contributed by atoms with Crippen molar-refractivity contribution in [3.05, 3.63) is 33.2 Å². The molecule has 0 aliphatic rings. The van der Waals surface area contributed by atoms with Gasteiger partial charge >= 0.3 is 0 Å². The maximum absolute atomic E-state index is 12.4. The summed E-state index contributed by atoms with van der Waals surface area (Å²) >= 11 is 0. The minimum absolute atomic E-state index is 0.0189. The zero-order valence-electron chi connectivity index (χ0n) is 7.09. The molecule has 1 rings (SSSR count). The van der Waals surface area contributed by atoms with Crippen LogP contribution in [-0.2, 0) is 6.54 Å². The van der Waals surface area contributed by atoms with Crippen LogP contribution in [0.5, 0.6) is 0 Å². The summed E-state index contributed by atoms with van der Waals surface area (Å²) in [5.74, 6) is 0. The zero-order chi connectivity index (χ0) is 10.7. The Hall–Kier alpha value is -1.56. The molecule has 14 heavy (non-hydrogen) atoms. The lowest BCUT2D eigenvalue weighted by atomic mass is 10.1. The Morgan fingerprint density at radius 1 is 1.57 bits per heavy atom. The van der Waals surface area contributed by atoms with Gasteiger partial charge in [-0.25, -0.2) is 8.78 Å². The molecule has 0 spiro atoms. The highest BCUT2D eigenvalue weighted by atomic mass is 19.3. The molecule has 0 fully saturated rings. The summed E-state index contributed by atoms with van der Waals surface area (Å²) in [6, 6.07) is 0.946. The van der Waals surface area contributed by atoms with Crippen LogP contribution in [0.3, 0.4) is 0 Å². The molecule has 0 aliphatic carbocycles. The SMILES string of the molecule is NCc1c(C=O)cc(=O)[nH]c1C(F)F. The number of hydrogen-bond donors (Lipinski definition) is 2. The Kier molecular flexibility index (Phi) is 3.08. The molecule has 3 N–H and O–H groups in total. The summed E-state index contributed by atoms with van der Waals surface area (Å²) in [6.07, 6.45) is -2.51. The van der Waals surface area contributed by atoms with Gasteiger partial charge in [0.2, 0.25) is 5.56 Å². The Morgan fingerprint density at radius 3 is 2.64 bits per heavy atom. The normalized spacial score (nSPS) is 10.6. The van der Waals surface area contributed by atoms with E-state index in [0.717, 1.165) is 6.07 Å². The van der Waals surface area contributed by atoms with Crippen molar-refractivity contribution in [1.82, 2.24) is 4.98 Å². The van der Waals surface area contributed by atoms with Crippen molar-refractivity contribution in [2.24, 2.45) is 5.73 Å². The van der Waals surface area contributed by atoms with Crippen LogP contribution in [0, 0.1) is 0 Å². The van der Waals surface area contributed by atoms with Crippen molar-refractivity contribution in [2.45, 2.75) is 13.0 Å². The number of carbonyl (C=O) groups excluding carboxylic acids is 1. The second kappa shape index (κ2) is 4.10. The first-order valence-corrected chi connectivity index (χ1v) is 3.79. The molecular formula is C8H8F2N2O2. The second-order valence-electron chi connectivity index (χ2n) is 2.60.